The molecule has 1 unspecified atom stereocenters. The number of hydrogen-bond acceptors (Lipinski definition) is 2. The van der Waals surface area contributed by atoms with Crippen molar-refractivity contribution in [2.75, 3.05) is 0 Å². The van der Waals surface area contributed by atoms with E-state index in [1.54, 1.807) is 6.07 Å². The first-order chi connectivity index (χ1) is 9.58. The third-order valence-electron chi connectivity index (χ3n) is 3.53. The predicted octanol–water partition coefficient (Wildman–Crippen LogP) is 2.94. The molecule has 0 aliphatic carbocycles. The standard InChI is InChI=1S/C17H20N2O/c1-12-10-15(17(18)20)8-9-16(12)11-19-13(2)14-6-4-3-5-7-14/h3-10,13,19H,11H2,1-2H3,(H2,18,20). The van der Waals surface area contributed by atoms with Crippen molar-refractivity contribution in [3.63, 3.8) is 0 Å². The van der Waals surface area contributed by atoms with Gasteiger partial charge in [-0.2, -0.15) is 0 Å². The van der Waals surface area contributed by atoms with E-state index in [4.69, 9.17) is 5.73 Å². The lowest BCUT2D eigenvalue weighted by molar-refractivity contribution is 0.1000. The summed E-state index contributed by atoms with van der Waals surface area (Å²) in [6, 6.07) is 16.2. The summed E-state index contributed by atoms with van der Waals surface area (Å²) in [6.45, 7) is 4.90. The Morgan fingerprint density at radius 1 is 1.20 bits per heavy atom. The molecule has 20 heavy (non-hydrogen) atoms. The van der Waals surface area contributed by atoms with Gasteiger partial charge in [-0.3, -0.25) is 4.79 Å². The van der Waals surface area contributed by atoms with Gasteiger partial charge >= 0.3 is 0 Å². The molecule has 1 atom stereocenters. The van der Waals surface area contributed by atoms with E-state index in [-0.39, 0.29) is 11.9 Å². The zero-order valence-corrected chi connectivity index (χ0v) is 11.9. The lowest BCUT2D eigenvalue weighted by atomic mass is 10.0. The Balaban J connectivity index is 2.02. The molecule has 0 aliphatic rings. The Hall–Kier alpha value is -2.13. The minimum atomic E-state index is -0.384. The molecule has 0 radical (unpaired) electrons. The van der Waals surface area contributed by atoms with Crippen LogP contribution in [-0.2, 0) is 6.54 Å². The van der Waals surface area contributed by atoms with Gasteiger partial charge in [-0.15, -0.1) is 0 Å². The summed E-state index contributed by atoms with van der Waals surface area (Å²) in [5.74, 6) is -0.384. The molecular weight excluding hydrogens is 248 g/mol. The van der Waals surface area contributed by atoms with Crippen LogP contribution in [0, 0.1) is 6.92 Å². The van der Waals surface area contributed by atoms with Gasteiger partial charge in [0.2, 0.25) is 5.91 Å². The quantitative estimate of drug-likeness (QED) is 0.876. The Bertz CT molecular complexity index is 593. The Kier molecular flexibility index (Phi) is 4.53. The highest BCUT2D eigenvalue weighted by atomic mass is 16.1. The van der Waals surface area contributed by atoms with Crippen molar-refractivity contribution in [1.82, 2.24) is 5.32 Å². The van der Waals surface area contributed by atoms with E-state index in [0.717, 1.165) is 12.1 Å². The van der Waals surface area contributed by atoms with E-state index in [9.17, 15) is 4.79 Å². The fourth-order valence-electron chi connectivity index (χ4n) is 2.17. The molecule has 2 aromatic carbocycles. The van der Waals surface area contributed by atoms with E-state index < -0.39 is 0 Å². The highest BCUT2D eigenvalue weighted by molar-refractivity contribution is 5.93. The summed E-state index contributed by atoms with van der Waals surface area (Å²) in [5.41, 5.74) is 9.35. The Morgan fingerprint density at radius 2 is 1.90 bits per heavy atom. The third-order valence-corrected chi connectivity index (χ3v) is 3.53. The van der Waals surface area contributed by atoms with Gasteiger partial charge in [0.05, 0.1) is 0 Å². The summed E-state index contributed by atoms with van der Waals surface area (Å²) in [5, 5.41) is 3.49. The summed E-state index contributed by atoms with van der Waals surface area (Å²) < 4.78 is 0. The Morgan fingerprint density at radius 3 is 2.50 bits per heavy atom. The van der Waals surface area contributed by atoms with Gasteiger partial charge in [-0.25, -0.2) is 0 Å². The predicted molar refractivity (Wildman–Crippen MR) is 81.4 cm³/mol. The van der Waals surface area contributed by atoms with Gasteiger partial charge < -0.3 is 11.1 Å². The molecule has 0 aromatic heterocycles. The number of hydrogen-bond donors (Lipinski definition) is 2. The van der Waals surface area contributed by atoms with Crippen molar-refractivity contribution in [3.8, 4) is 0 Å². The van der Waals surface area contributed by atoms with Crippen LogP contribution >= 0.6 is 0 Å². The summed E-state index contributed by atoms with van der Waals surface area (Å²) in [4.78, 5) is 11.1. The molecule has 3 heteroatoms. The maximum atomic E-state index is 11.1. The van der Waals surface area contributed by atoms with E-state index in [2.05, 4.69) is 24.4 Å². The van der Waals surface area contributed by atoms with Crippen LogP contribution in [0.1, 0.15) is 40.0 Å². The van der Waals surface area contributed by atoms with Gasteiger partial charge in [0.25, 0.3) is 0 Å². The van der Waals surface area contributed by atoms with E-state index in [1.165, 1.54) is 11.1 Å². The summed E-state index contributed by atoms with van der Waals surface area (Å²) in [7, 11) is 0. The zero-order valence-electron chi connectivity index (χ0n) is 11.9. The van der Waals surface area contributed by atoms with Crippen LogP contribution in [0.5, 0.6) is 0 Å². The van der Waals surface area contributed by atoms with E-state index in [0.29, 0.717) is 5.56 Å². The molecule has 0 fully saturated rings. The highest BCUT2D eigenvalue weighted by Gasteiger charge is 2.07. The number of nitrogens with one attached hydrogen (secondary N) is 1. The average molecular weight is 268 g/mol. The first kappa shape index (κ1) is 14.3. The molecule has 0 aliphatic heterocycles. The van der Waals surface area contributed by atoms with Gasteiger partial charge in [-0.05, 0) is 42.7 Å². The Labute approximate surface area is 119 Å². The maximum absolute atomic E-state index is 11.1. The monoisotopic (exact) mass is 268 g/mol. The fourth-order valence-corrected chi connectivity index (χ4v) is 2.17. The smallest absolute Gasteiger partial charge is 0.248 e. The van der Waals surface area contributed by atoms with Crippen LogP contribution in [0.4, 0.5) is 0 Å². The van der Waals surface area contributed by atoms with E-state index >= 15 is 0 Å². The molecule has 3 N–H and O–H groups in total. The first-order valence-corrected chi connectivity index (χ1v) is 6.75. The number of primary amides is 1. The van der Waals surface area contributed by atoms with Crippen LogP contribution < -0.4 is 11.1 Å². The molecule has 0 heterocycles. The van der Waals surface area contributed by atoms with Gasteiger partial charge in [0.15, 0.2) is 0 Å². The largest absolute Gasteiger partial charge is 0.366 e. The van der Waals surface area contributed by atoms with Crippen molar-refractivity contribution in [1.29, 1.82) is 0 Å². The fraction of sp³-hybridized carbons (Fsp3) is 0.235. The molecular formula is C17H20N2O. The third kappa shape index (κ3) is 3.45. The number of nitrogens with two attached hydrogens (primary N) is 1. The van der Waals surface area contributed by atoms with Crippen molar-refractivity contribution in [3.05, 3.63) is 70.8 Å². The van der Waals surface area contributed by atoms with Crippen LogP contribution in [0.25, 0.3) is 0 Å². The summed E-state index contributed by atoms with van der Waals surface area (Å²) in [6.07, 6.45) is 0. The second kappa shape index (κ2) is 6.35. The SMILES string of the molecule is Cc1cc(C(N)=O)ccc1CNC(C)c1ccccc1. The molecule has 2 aromatic rings. The van der Waals surface area contributed by atoms with Crippen LogP contribution in [-0.4, -0.2) is 5.91 Å². The van der Waals surface area contributed by atoms with Gasteiger partial charge in [0, 0.05) is 18.2 Å². The zero-order chi connectivity index (χ0) is 14.5. The molecule has 0 bridgehead atoms. The number of carbonyl (C=O) groups is 1. The van der Waals surface area contributed by atoms with Crippen LogP contribution in [0.15, 0.2) is 48.5 Å². The van der Waals surface area contributed by atoms with Crippen molar-refractivity contribution in [2.45, 2.75) is 26.4 Å². The minimum Gasteiger partial charge on any atom is -0.366 e. The molecule has 104 valence electrons. The van der Waals surface area contributed by atoms with Crippen LogP contribution in [0.3, 0.4) is 0 Å². The number of carbonyl (C=O) groups excluding carboxylic acids is 1. The van der Waals surface area contributed by atoms with Gasteiger partial charge in [0.1, 0.15) is 0 Å². The van der Waals surface area contributed by atoms with Crippen molar-refractivity contribution >= 4 is 5.91 Å². The lowest BCUT2D eigenvalue weighted by Gasteiger charge is -2.15. The first-order valence-electron chi connectivity index (χ1n) is 6.75. The molecule has 3 nitrogen and oxygen atoms in total. The topological polar surface area (TPSA) is 55.1 Å². The highest BCUT2D eigenvalue weighted by Crippen LogP contribution is 2.15. The maximum Gasteiger partial charge on any atom is 0.248 e. The minimum absolute atomic E-state index is 0.284. The van der Waals surface area contributed by atoms with E-state index in [1.807, 2.05) is 37.3 Å². The number of benzene rings is 2. The average Bonchev–Trinajstić information content (AvgIpc) is 2.46. The van der Waals surface area contributed by atoms with Crippen molar-refractivity contribution < 1.29 is 4.79 Å². The molecule has 1 amide bonds. The molecule has 2 rings (SSSR count). The number of aryl methyl sites for hydroxylation is 1. The normalized spacial score (nSPS) is 12.1. The van der Waals surface area contributed by atoms with Gasteiger partial charge in [-0.1, -0.05) is 36.4 Å². The lowest BCUT2D eigenvalue weighted by Crippen LogP contribution is -2.19. The number of rotatable bonds is 5. The molecule has 0 saturated heterocycles. The molecule has 0 saturated carbocycles. The number of amides is 1. The summed E-state index contributed by atoms with van der Waals surface area (Å²) >= 11 is 0. The van der Waals surface area contributed by atoms with Crippen LogP contribution in [0.2, 0.25) is 0 Å². The second-order valence-electron chi connectivity index (χ2n) is 5.02. The van der Waals surface area contributed by atoms with Crippen molar-refractivity contribution in [2.24, 2.45) is 5.73 Å². The second-order valence-corrected chi connectivity index (χ2v) is 5.02. The molecule has 0 spiro atoms.